The Hall–Kier alpha value is -1.28. The summed E-state index contributed by atoms with van der Waals surface area (Å²) in [5.41, 5.74) is 0.110. The van der Waals surface area contributed by atoms with Gasteiger partial charge in [-0.25, -0.2) is 4.63 Å². The summed E-state index contributed by atoms with van der Waals surface area (Å²) in [5.74, 6) is 0.0171. The molecule has 1 heterocycles. The molecule has 0 aliphatic rings. The normalized spacial score (nSPS) is 11.5. The number of carbonyl (C=O) groups is 1. The van der Waals surface area contributed by atoms with Gasteiger partial charge in [-0.05, 0) is 17.2 Å². The molecule has 9 heteroatoms. The molecule has 7 nitrogen and oxygen atoms in total. The standard InChI is InChI=1S/C7H9ClN4O3S/c1-2-9-4(13)3-16-7-5(6(8)10-14)11-15-12-7/h14H,2-3H2,1H3,(H,9,13). The first kappa shape index (κ1) is 12.8. The zero-order valence-corrected chi connectivity index (χ0v) is 9.88. The van der Waals surface area contributed by atoms with Crippen molar-refractivity contribution in [3.8, 4) is 0 Å². The molecule has 0 saturated heterocycles. The number of nitrogens with zero attached hydrogens (tertiary/aromatic N) is 3. The zero-order valence-electron chi connectivity index (χ0n) is 8.31. The minimum Gasteiger partial charge on any atom is -0.410 e. The van der Waals surface area contributed by atoms with Gasteiger partial charge in [0.2, 0.25) is 5.91 Å². The Morgan fingerprint density at radius 3 is 3.06 bits per heavy atom. The molecule has 1 rings (SSSR count). The Bertz CT molecular complexity index is 395. The fourth-order valence-corrected chi connectivity index (χ4v) is 1.74. The maximum Gasteiger partial charge on any atom is 0.230 e. The summed E-state index contributed by atoms with van der Waals surface area (Å²) in [6.07, 6.45) is 0. The van der Waals surface area contributed by atoms with Gasteiger partial charge in [0, 0.05) is 6.54 Å². The molecule has 1 aromatic rings. The van der Waals surface area contributed by atoms with Gasteiger partial charge in [-0.3, -0.25) is 4.79 Å². The highest BCUT2D eigenvalue weighted by Crippen LogP contribution is 2.20. The summed E-state index contributed by atoms with van der Waals surface area (Å²) in [6, 6.07) is 0. The van der Waals surface area contributed by atoms with Gasteiger partial charge in [-0.15, -0.1) is 0 Å². The molecule has 0 aliphatic heterocycles. The van der Waals surface area contributed by atoms with Crippen LogP contribution in [0.5, 0.6) is 0 Å². The van der Waals surface area contributed by atoms with Gasteiger partial charge in [0.15, 0.2) is 15.9 Å². The van der Waals surface area contributed by atoms with Crippen molar-refractivity contribution in [2.45, 2.75) is 11.9 Å². The van der Waals surface area contributed by atoms with Gasteiger partial charge < -0.3 is 10.5 Å². The molecule has 1 amide bonds. The van der Waals surface area contributed by atoms with Crippen molar-refractivity contribution >= 4 is 34.4 Å². The number of hydrogen-bond donors (Lipinski definition) is 2. The molecule has 0 atom stereocenters. The maximum atomic E-state index is 11.2. The van der Waals surface area contributed by atoms with E-state index in [-0.39, 0.29) is 22.5 Å². The SMILES string of the molecule is CCNC(=O)CSc1nonc1C(Cl)=NO. The summed E-state index contributed by atoms with van der Waals surface area (Å²) in [5, 5.41) is 20.9. The van der Waals surface area contributed by atoms with Crippen molar-refractivity contribution in [1.82, 2.24) is 15.6 Å². The largest absolute Gasteiger partial charge is 0.410 e. The number of halogens is 1. The fraction of sp³-hybridized carbons (Fsp3) is 0.429. The van der Waals surface area contributed by atoms with Gasteiger partial charge in [0.1, 0.15) is 0 Å². The van der Waals surface area contributed by atoms with Crippen molar-refractivity contribution in [1.29, 1.82) is 0 Å². The van der Waals surface area contributed by atoms with Crippen molar-refractivity contribution in [2.24, 2.45) is 5.16 Å². The number of aromatic nitrogens is 2. The molecule has 88 valence electrons. The average molecular weight is 265 g/mol. The Morgan fingerprint density at radius 2 is 2.44 bits per heavy atom. The molecule has 0 spiro atoms. The van der Waals surface area contributed by atoms with E-state index in [1.54, 1.807) is 0 Å². The number of thioether (sulfide) groups is 1. The van der Waals surface area contributed by atoms with E-state index >= 15 is 0 Å². The van der Waals surface area contributed by atoms with Gasteiger partial charge in [0.25, 0.3) is 0 Å². The van der Waals surface area contributed by atoms with Gasteiger partial charge in [-0.2, -0.15) is 0 Å². The van der Waals surface area contributed by atoms with Crippen LogP contribution in [0.2, 0.25) is 0 Å². The Morgan fingerprint density at radius 1 is 1.69 bits per heavy atom. The second-order valence-electron chi connectivity index (χ2n) is 2.55. The topological polar surface area (TPSA) is 101 Å². The summed E-state index contributed by atoms with van der Waals surface area (Å²) in [6.45, 7) is 2.38. The van der Waals surface area contributed by atoms with Crippen LogP contribution < -0.4 is 5.32 Å². The van der Waals surface area contributed by atoms with Crippen LogP contribution in [0.3, 0.4) is 0 Å². The van der Waals surface area contributed by atoms with E-state index in [0.29, 0.717) is 11.6 Å². The molecule has 0 fully saturated rings. The van der Waals surface area contributed by atoms with E-state index in [2.05, 4.69) is 25.4 Å². The van der Waals surface area contributed by atoms with E-state index in [1.165, 1.54) is 0 Å². The fourth-order valence-electron chi connectivity index (χ4n) is 0.831. The first-order chi connectivity index (χ1) is 7.69. The molecule has 0 unspecified atom stereocenters. The van der Waals surface area contributed by atoms with E-state index in [4.69, 9.17) is 16.8 Å². The molecule has 1 aromatic heterocycles. The summed E-state index contributed by atoms with van der Waals surface area (Å²) >= 11 is 6.63. The molecule has 0 radical (unpaired) electrons. The molecule has 0 saturated carbocycles. The number of carbonyl (C=O) groups excluding carboxylic acids is 1. The van der Waals surface area contributed by atoms with Crippen LogP contribution in [0, 0.1) is 0 Å². The van der Waals surface area contributed by atoms with Crippen LogP contribution in [-0.2, 0) is 4.79 Å². The second kappa shape index (κ2) is 6.33. The lowest BCUT2D eigenvalue weighted by molar-refractivity contribution is -0.118. The summed E-state index contributed by atoms with van der Waals surface area (Å²) in [7, 11) is 0. The van der Waals surface area contributed by atoms with E-state index in [1.807, 2.05) is 6.92 Å². The highest BCUT2D eigenvalue weighted by Gasteiger charge is 2.16. The number of amides is 1. The third kappa shape index (κ3) is 3.38. The van der Waals surface area contributed by atoms with Crippen LogP contribution in [0.4, 0.5) is 0 Å². The molecule has 0 bridgehead atoms. The van der Waals surface area contributed by atoms with E-state index < -0.39 is 0 Å². The van der Waals surface area contributed by atoms with Crippen molar-refractivity contribution < 1.29 is 14.6 Å². The van der Waals surface area contributed by atoms with Gasteiger partial charge in [-0.1, -0.05) is 28.5 Å². The lowest BCUT2D eigenvalue weighted by Gasteiger charge is -1.99. The van der Waals surface area contributed by atoms with Gasteiger partial charge in [0.05, 0.1) is 5.75 Å². The van der Waals surface area contributed by atoms with Crippen LogP contribution >= 0.6 is 23.4 Å². The maximum absolute atomic E-state index is 11.2. The highest BCUT2D eigenvalue weighted by molar-refractivity contribution is 8.00. The smallest absolute Gasteiger partial charge is 0.230 e. The van der Waals surface area contributed by atoms with Crippen LogP contribution in [0.25, 0.3) is 0 Å². The Kier molecular flexibility index (Phi) is 5.06. The minimum atomic E-state index is -0.236. The lowest BCUT2D eigenvalue weighted by Crippen LogP contribution is -2.24. The third-order valence-corrected chi connectivity index (χ3v) is 2.66. The van der Waals surface area contributed by atoms with E-state index in [9.17, 15) is 4.79 Å². The number of oxime groups is 1. The highest BCUT2D eigenvalue weighted by atomic mass is 35.5. The van der Waals surface area contributed by atoms with Crippen molar-refractivity contribution in [3.63, 3.8) is 0 Å². The van der Waals surface area contributed by atoms with Crippen LogP contribution in [0.15, 0.2) is 14.8 Å². The monoisotopic (exact) mass is 264 g/mol. The minimum absolute atomic E-state index is 0.110. The lowest BCUT2D eigenvalue weighted by atomic mass is 10.5. The Balaban J connectivity index is 2.61. The first-order valence-electron chi connectivity index (χ1n) is 4.29. The Labute approximate surface area is 100 Å². The average Bonchev–Trinajstić information content (AvgIpc) is 2.74. The quantitative estimate of drug-likeness (QED) is 0.351. The first-order valence-corrected chi connectivity index (χ1v) is 5.65. The summed E-state index contributed by atoms with van der Waals surface area (Å²) < 4.78 is 4.43. The van der Waals surface area contributed by atoms with E-state index in [0.717, 1.165) is 11.8 Å². The van der Waals surface area contributed by atoms with Crippen LogP contribution in [-0.4, -0.2) is 38.9 Å². The molecule has 0 aromatic carbocycles. The molecule has 16 heavy (non-hydrogen) atoms. The third-order valence-electron chi connectivity index (χ3n) is 1.46. The van der Waals surface area contributed by atoms with Crippen LogP contribution in [0.1, 0.15) is 12.6 Å². The predicted molar refractivity (Wildman–Crippen MR) is 57.9 cm³/mol. The van der Waals surface area contributed by atoms with Crippen molar-refractivity contribution in [3.05, 3.63) is 5.69 Å². The second-order valence-corrected chi connectivity index (χ2v) is 3.87. The number of hydrogen-bond acceptors (Lipinski definition) is 7. The number of nitrogens with one attached hydrogen (secondary N) is 1. The van der Waals surface area contributed by atoms with Crippen molar-refractivity contribution in [2.75, 3.05) is 12.3 Å². The molecular formula is C7H9ClN4O3S. The predicted octanol–water partition coefficient (Wildman–Crippen LogP) is 0.672. The zero-order chi connectivity index (χ0) is 12.0. The molecular weight excluding hydrogens is 256 g/mol. The molecule has 2 N–H and O–H groups in total. The number of rotatable bonds is 5. The van der Waals surface area contributed by atoms with Gasteiger partial charge >= 0.3 is 0 Å². The summed E-state index contributed by atoms with van der Waals surface area (Å²) in [4.78, 5) is 11.2. The molecule has 0 aliphatic carbocycles.